The van der Waals surface area contributed by atoms with Crippen molar-refractivity contribution >= 4 is 6.16 Å². The van der Waals surface area contributed by atoms with Crippen LogP contribution in [0.3, 0.4) is 0 Å². The number of ether oxygens (including phenoxy) is 2. The number of hydrogen-bond donors (Lipinski definition) is 0. The molecular weight excluding hydrogens is 336 g/mol. The maximum atomic E-state index is 12.0. The first kappa shape index (κ1) is 22.6. The minimum atomic E-state index is -0.443. The van der Waals surface area contributed by atoms with Gasteiger partial charge in [-0.1, -0.05) is 58.8 Å². The molecule has 0 aromatic rings. The average Bonchev–Trinajstić information content (AvgIpc) is 2.67. The Morgan fingerprint density at radius 3 is 2.07 bits per heavy atom. The van der Waals surface area contributed by atoms with Gasteiger partial charge in [0.25, 0.3) is 0 Å². The fourth-order valence-corrected chi connectivity index (χ4v) is 5.28. The van der Waals surface area contributed by atoms with E-state index in [1.165, 1.54) is 70.6 Å². The zero-order valence-electron chi connectivity index (χ0n) is 18.2. The lowest BCUT2D eigenvalue weighted by Crippen LogP contribution is -2.30. The Morgan fingerprint density at radius 2 is 1.48 bits per heavy atom. The molecule has 1 atom stereocenters. The maximum absolute atomic E-state index is 12.0. The molecule has 2 rings (SSSR count). The first-order valence-electron chi connectivity index (χ1n) is 12.0. The highest BCUT2D eigenvalue weighted by molar-refractivity contribution is 5.60. The topological polar surface area (TPSA) is 35.5 Å². The van der Waals surface area contributed by atoms with Crippen LogP contribution >= 0.6 is 0 Å². The number of carbonyl (C=O) groups is 1. The predicted molar refractivity (Wildman–Crippen MR) is 112 cm³/mol. The number of rotatable bonds is 10. The van der Waals surface area contributed by atoms with Crippen LogP contribution in [0, 0.1) is 17.8 Å². The normalized spacial score (nSPS) is 29.9. The lowest BCUT2D eigenvalue weighted by molar-refractivity contribution is -0.0174. The van der Waals surface area contributed by atoms with E-state index in [0.717, 1.165) is 43.4 Å². The molecule has 27 heavy (non-hydrogen) atoms. The molecule has 0 unspecified atom stereocenters. The summed E-state index contributed by atoms with van der Waals surface area (Å²) in [4.78, 5) is 12.0. The van der Waals surface area contributed by atoms with E-state index in [1.54, 1.807) is 0 Å². The average molecular weight is 381 g/mol. The molecule has 0 spiro atoms. The minimum Gasteiger partial charge on any atom is -0.431 e. The van der Waals surface area contributed by atoms with Crippen LogP contribution in [-0.4, -0.2) is 18.4 Å². The molecule has 158 valence electrons. The summed E-state index contributed by atoms with van der Waals surface area (Å²) in [6.07, 6.45) is 18.4. The summed E-state index contributed by atoms with van der Waals surface area (Å²) in [7, 11) is 0. The second-order valence-electron chi connectivity index (χ2n) is 9.25. The van der Waals surface area contributed by atoms with Crippen LogP contribution in [0.5, 0.6) is 0 Å². The predicted octanol–water partition coefficient (Wildman–Crippen LogP) is 7.66. The van der Waals surface area contributed by atoms with Gasteiger partial charge in [-0.15, -0.1) is 0 Å². The van der Waals surface area contributed by atoms with E-state index < -0.39 is 6.16 Å². The largest absolute Gasteiger partial charge is 0.508 e. The quantitative estimate of drug-likeness (QED) is 0.288. The van der Waals surface area contributed by atoms with E-state index in [2.05, 4.69) is 13.8 Å². The molecule has 2 aliphatic rings. The molecule has 3 heteroatoms. The van der Waals surface area contributed by atoms with Gasteiger partial charge in [-0.05, 0) is 76.0 Å². The zero-order chi connectivity index (χ0) is 19.5. The lowest BCUT2D eigenvalue weighted by Gasteiger charge is -2.37. The maximum Gasteiger partial charge on any atom is 0.508 e. The SMILES string of the molecule is CCCCCC[C@@H](C)OC(=O)O[C@H]1CC[C@H]([C@H]2CC[C@H](CCC)CC2)CC1. The van der Waals surface area contributed by atoms with Crippen molar-refractivity contribution in [2.75, 3.05) is 0 Å². The highest BCUT2D eigenvalue weighted by atomic mass is 16.7. The number of unbranched alkanes of at least 4 members (excludes halogenated alkanes) is 3. The Hall–Kier alpha value is -0.730. The van der Waals surface area contributed by atoms with E-state index in [1.807, 2.05) is 6.92 Å². The molecule has 0 heterocycles. The van der Waals surface area contributed by atoms with Crippen molar-refractivity contribution < 1.29 is 14.3 Å². The monoisotopic (exact) mass is 380 g/mol. The Balaban J connectivity index is 1.58. The van der Waals surface area contributed by atoms with Crippen LogP contribution in [-0.2, 0) is 9.47 Å². The van der Waals surface area contributed by atoms with Gasteiger partial charge in [0.2, 0.25) is 0 Å². The third kappa shape index (κ3) is 8.44. The van der Waals surface area contributed by atoms with E-state index in [9.17, 15) is 4.79 Å². The van der Waals surface area contributed by atoms with Crippen LogP contribution in [0.1, 0.15) is 117 Å². The van der Waals surface area contributed by atoms with Crippen LogP contribution < -0.4 is 0 Å². The van der Waals surface area contributed by atoms with Crippen LogP contribution in [0.4, 0.5) is 4.79 Å². The van der Waals surface area contributed by atoms with Crippen molar-refractivity contribution in [3.8, 4) is 0 Å². The van der Waals surface area contributed by atoms with E-state index >= 15 is 0 Å². The van der Waals surface area contributed by atoms with Gasteiger partial charge in [0, 0.05) is 0 Å². The van der Waals surface area contributed by atoms with Crippen molar-refractivity contribution in [3.63, 3.8) is 0 Å². The molecule has 0 amide bonds. The first-order chi connectivity index (χ1) is 13.1. The lowest BCUT2D eigenvalue weighted by atomic mass is 9.70. The third-order valence-electron chi connectivity index (χ3n) is 7.00. The highest BCUT2D eigenvalue weighted by Crippen LogP contribution is 2.41. The van der Waals surface area contributed by atoms with Gasteiger partial charge in [0.1, 0.15) is 12.2 Å². The summed E-state index contributed by atoms with van der Waals surface area (Å²) in [6.45, 7) is 6.51. The van der Waals surface area contributed by atoms with Gasteiger partial charge < -0.3 is 9.47 Å². The summed E-state index contributed by atoms with van der Waals surface area (Å²) in [5, 5.41) is 0. The van der Waals surface area contributed by atoms with Gasteiger partial charge in [-0.3, -0.25) is 0 Å². The molecule has 0 aromatic carbocycles. The summed E-state index contributed by atoms with van der Waals surface area (Å²) >= 11 is 0. The van der Waals surface area contributed by atoms with Gasteiger partial charge in [-0.2, -0.15) is 0 Å². The molecule has 0 N–H and O–H groups in total. The van der Waals surface area contributed by atoms with E-state index in [0.29, 0.717) is 0 Å². The second kappa shape index (κ2) is 12.7. The summed E-state index contributed by atoms with van der Waals surface area (Å²) in [5.74, 6) is 2.78. The molecule has 0 aromatic heterocycles. The first-order valence-corrected chi connectivity index (χ1v) is 12.0. The molecule has 0 aliphatic heterocycles. The molecule has 0 radical (unpaired) electrons. The molecule has 0 saturated heterocycles. The van der Waals surface area contributed by atoms with Crippen molar-refractivity contribution in [1.29, 1.82) is 0 Å². The molecule has 3 nitrogen and oxygen atoms in total. The molecule has 2 saturated carbocycles. The van der Waals surface area contributed by atoms with Crippen molar-refractivity contribution in [2.24, 2.45) is 17.8 Å². The fraction of sp³-hybridized carbons (Fsp3) is 0.958. The van der Waals surface area contributed by atoms with Gasteiger partial charge >= 0.3 is 6.16 Å². The van der Waals surface area contributed by atoms with Crippen molar-refractivity contribution in [1.82, 2.24) is 0 Å². The molecule has 2 aliphatic carbocycles. The van der Waals surface area contributed by atoms with E-state index in [4.69, 9.17) is 9.47 Å². The Labute approximate surface area is 168 Å². The molecular formula is C24H44O3. The van der Waals surface area contributed by atoms with E-state index in [-0.39, 0.29) is 12.2 Å². The number of hydrogen-bond acceptors (Lipinski definition) is 3. The summed E-state index contributed by atoms with van der Waals surface area (Å²) in [6, 6.07) is 0. The summed E-state index contributed by atoms with van der Waals surface area (Å²) in [5.41, 5.74) is 0. The van der Waals surface area contributed by atoms with Gasteiger partial charge in [0.05, 0.1) is 0 Å². The Bertz CT molecular complexity index is 392. The van der Waals surface area contributed by atoms with Gasteiger partial charge in [-0.25, -0.2) is 4.79 Å². The molecule has 0 bridgehead atoms. The van der Waals surface area contributed by atoms with Crippen molar-refractivity contribution in [3.05, 3.63) is 0 Å². The van der Waals surface area contributed by atoms with Crippen LogP contribution in [0.15, 0.2) is 0 Å². The highest BCUT2D eigenvalue weighted by Gasteiger charge is 2.32. The van der Waals surface area contributed by atoms with Crippen LogP contribution in [0.25, 0.3) is 0 Å². The summed E-state index contributed by atoms with van der Waals surface area (Å²) < 4.78 is 11.1. The smallest absolute Gasteiger partial charge is 0.431 e. The standard InChI is InChI=1S/C24H44O3/c1-4-6-7-8-10-19(3)26-24(25)27-23-17-15-22(16-18-23)21-13-11-20(9-5-2)12-14-21/h19-23H,4-18H2,1-3H3/t19-,20-,21-,22-,23-/m1/s1. The fourth-order valence-electron chi connectivity index (χ4n) is 5.28. The third-order valence-corrected chi connectivity index (χ3v) is 7.00. The Kier molecular flexibility index (Phi) is 10.6. The second-order valence-corrected chi connectivity index (χ2v) is 9.25. The van der Waals surface area contributed by atoms with Crippen molar-refractivity contribution in [2.45, 2.75) is 129 Å². The zero-order valence-corrected chi connectivity index (χ0v) is 18.2. The van der Waals surface area contributed by atoms with Crippen LogP contribution in [0.2, 0.25) is 0 Å². The number of carbonyl (C=O) groups excluding carboxylic acids is 1. The minimum absolute atomic E-state index is 0.0241. The van der Waals surface area contributed by atoms with Gasteiger partial charge in [0.15, 0.2) is 0 Å². The molecule has 2 fully saturated rings. The Morgan fingerprint density at radius 1 is 0.852 bits per heavy atom.